The van der Waals surface area contributed by atoms with Gasteiger partial charge in [0.05, 0.1) is 0 Å². The van der Waals surface area contributed by atoms with E-state index < -0.39 is 11.9 Å². The number of aliphatic carboxylic acids is 2. The molecule has 0 aliphatic heterocycles. The standard InChI is InChI=1S/C14H22O4/c1-3-4-5-6-7-8-9-11(2)12(14(17)18)10-13(15)16/h4-5,10-11H,3,6-9H2,1-2H3,(H,15,16)(H,17,18)/b5-4?,12-10-. The Morgan fingerprint density at radius 2 is 1.83 bits per heavy atom. The molecule has 0 amide bonds. The summed E-state index contributed by atoms with van der Waals surface area (Å²) in [6, 6.07) is 0. The van der Waals surface area contributed by atoms with Crippen molar-refractivity contribution < 1.29 is 19.8 Å². The van der Waals surface area contributed by atoms with E-state index in [9.17, 15) is 9.59 Å². The highest BCUT2D eigenvalue weighted by molar-refractivity contribution is 5.94. The zero-order valence-corrected chi connectivity index (χ0v) is 11.1. The zero-order chi connectivity index (χ0) is 14.0. The molecule has 0 radical (unpaired) electrons. The Bertz CT molecular complexity index is 329. The van der Waals surface area contributed by atoms with Gasteiger partial charge in [-0.3, -0.25) is 0 Å². The lowest BCUT2D eigenvalue weighted by Gasteiger charge is -2.11. The van der Waals surface area contributed by atoms with Crippen LogP contribution in [0.2, 0.25) is 0 Å². The van der Waals surface area contributed by atoms with Crippen LogP contribution in [0, 0.1) is 5.92 Å². The molecule has 18 heavy (non-hydrogen) atoms. The van der Waals surface area contributed by atoms with Crippen molar-refractivity contribution in [2.24, 2.45) is 5.92 Å². The summed E-state index contributed by atoms with van der Waals surface area (Å²) in [6.07, 6.45) is 9.65. The highest BCUT2D eigenvalue weighted by atomic mass is 16.4. The number of carboxylic acid groups (broad SMARTS) is 2. The van der Waals surface area contributed by atoms with Gasteiger partial charge in [-0.1, -0.05) is 32.4 Å². The average Bonchev–Trinajstić information content (AvgIpc) is 2.29. The molecule has 0 heterocycles. The monoisotopic (exact) mass is 254 g/mol. The predicted molar refractivity (Wildman–Crippen MR) is 70.4 cm³/mol. The predicted octanol–water partition coefficient (Wildman–Crippen LogP) is 3.24. The molecule has 1 unspecified atom stereocenters. The summed E-state index contributed by atoms with van der Waals surface area (Å²) in [5, 5.41) is 17.5. The molecule has 102 valence electrons. The van der Waals surface area contributed by atoms with E-state index in [0.717, 1.165) is 31.8 Å². The highest BCUT2D eigenvalue weighted by Crippen LogP contribution is 2.18. The first-order valence-electron chi connectivity index (χ1n) is 6.31. The lowest BCUT2D eigenvalue weighted by molar-refractivity contribution is -0.135. The van der Waals surface area contributed by atoms with Crippen molar-refractivity contribution in [1.82, 2.24) is 0 Å². The van der Waals surface area contributed by atoms with E-state index in [4.69, 9.17) is 10.2 Å². The summed E-state index contributed by atoms with van der Waals surface area (Å²) in [5.41, 5.74) is -0.0217. The van der Waals surface area contributed by atoms with Crippen molar-refractivity contribution in [3.63, 3.8) is 0 Å². The number of rotatable bonds is 9. The Kier molecular flexibility index (Phi) is 8.62. The van der Waals surface area contributed by atoms with Gasteiger partial charge in [-0.2, -0.15) is 0 Å². The molecule has 0 spiro atoms. The summed E-state index contributed by atoms with van der Waals surface area (Å²) in [5.74, 6) is -2.57. The van der Waals surface area contributed by atoms with Crippen molar-refractivity contribution in [1.29, 1.82) is 0 Å². The summed E-state index contributed by atoms with van der Waals surface area (Å²) in [4.78, 5) is 21.4. The highest BCUT2D eigenvalue weighted by Gasteiger charge is 2.16. The van der Waals surface area contributed by atoms with Gasteiger partial charge in [-0.05, 0) is 31.6 Å². The number of carboxylic acids is 2. The van der Waals surface area contributed by atoms with Crippen molar-refractivity contribution in [3.8, 4) is 0 Å². The van der Waals surface area contributed by atoms with Crippen LogP contribution in [-0.2, 0) is 9.59 Å². The lowest BCUT2D eigenvalue weighted by Crippen LogP contribution is -2.12. The third-order valence-electron chi connectivity index (χ3n) is 2.72. The quantitative estimate of drug-likeness (QED) is 0.376. The van der Waals surface area contributed by atoms with E-state index in [-0.39, 0.29) is 11.5 Å². The van der Waals surface area contributed by atoms with E-state index in [0.29, 0.717) is 6.42 Å². The molecule has 0 saturated carbocycles. The molecule has 0 aromatic carbocycles. The van der Waals surface area contributed by atoms with Crippen molar-refractivity contribution in [2.45, 2.75) is 46.0 Å². The number of hydrogen-bond acceptors (Lipinski definition) is 2. The molecule has 0 rings (SSSR count). The van der Waals surface area contributed by atoms with Gasteiger partial charge >= 0.3 is 11.9 Å². The van der Waals surface area contributed by atoms with E-state index in [1.807, 2.05) is 0 Å². The van der Waals surface area contributed by atoms with Crippen LogP contribution in [0.25, 0.3) is 0 Å². The van der Waals surface area contributed by atoms with Gasteiger partial charge in [0.25, 0.3) is 0 Å². The number of allylic oxidation sites excluding steroid dienone is 2. The second-order valence-corrected chi connectivity index (χ2v) is 4.31. The fourth-order valence-electron chi connectivity index (χ4n) is 1.70. The van der Waals surface area contributed by atoms with Gasteiger partial charge in [0.15, 0.2) is 0 Å². The lowest BCUT2D eigenvalue weighted by atomic mass is 9.94. The molecule has 0 fully saturated rings. The molecule has 4 nitrogen and oxygen atoms in total. The first kappa shape index (κ1) is 16.4. The molecular formula is C14H22O4. The Morgan fingerprint density at radius 1 is 1.17 bits per heavy atom. The molecule has 0 aromatic rings. The van der Waals surface area contributed by atoms with Crippen LogP contribution < -0.4 is 0 Å². The van der Waals surface area contributed by atoms with Crippen LogP contribution in [-0.4, -0.2) is 22.2 Å². The molecule has 2 N–H and O–H groups in total. The number of unbranched alkanes of at least 4 members (excludes halogenated alkanes) is 2. The van der Waals surface area contributed by atoms with Crippen LogP contribution in [0.15, 0.2) is 23.8 Å². The second kappa shape index (κ2) is 9.45. The maximum Gasteiger partial charge on any atom is 0.332 e. The van der Waals surface area contributed by atoms with E-state index in [2.05, 4.69) is 19.1 Å². The van der Waals surface area contributed by atoms with Gasteiger partial charge in [0.1, 0.15) is 0 Å². The maximum atomic E-state index is 10.9. The van der Waals surface area contributed by atoms with Crippen molar-refractivity contribution >= 4 is 11.9 Å². The van der Waals surface area contributed by atoms with Crippen molar-refractivity contribution in [2.75, 3.05) is 0 Å². The van der Waals surface area contributed by atoms with Gasteiger partial charge < -0.3 is 10.2 Å². The molecule has 4 heteroatoms. The van der Waals surface area contributed by atoms with Crippen LogP contribution >= 0.6 is 0 Å². The minimum Gasteiger partial charge on any atom is -0.478 e. The number of carbonyl (C=O) groups is 2. The van der Waals surface area contributed by atoms with Crippen molar-refractivity contribution in [3.05, 3.63) is 23.8 Å². The van der Waals surface area contributed by atoms with Crippen LogP contribution in [0.1, 0.15) is 46.0 Å². The summed E-state index contributed by atoms with van der Waals surface area (Å²) < 4.78 is 0. The first-order chi connectivity index (χ1) is 8.49. The van der Waals surface area contributed by atoms with Gasteiger partial charge in [0, 0.05) is 11.6 Å². The fourth-order valence-corrected chi connectivity index (χ4v) is 1.70. The third-order valence-corrected chi connectivity index (χ3v) is 2.72. The smallest absolute Gasteiger partial charge is 0.332 e. The normalized spacial score (nSPS) is 13.8. The zero-order valence-electron chi connectivity index (χ0n) is 11.1. The minimum atomic E-state index is -1.20. The molecule has 0 aromatic heterocycles. The topological polar surface area (TPSA) is 74.6 Å². The maximum absolute atomic E-state index is 10.9. The van der Waals surface area contributed by atoms with E-state index >= 15 is 0 Å². The van der Waals surface area contributed by atoms with Gasteiger partial charge in [0.2, 0.25) is 0 Å². The number of hydrogen-bond donors (Lipinski definition) is 2. The molecule has 0 bridgehead atoms. The van der Waals surface area contributed by atoms with E-state index in [1.54, 1.807) is 6.92 Å². The molecule has 0 aliphatic rings. The van der Waals surface area contributed by atoms with E-state index in [1.165, 1.54) is 0 Å². The Labute approximate surface area is 108 Å². The molecule has 0 aliphatic carbocycles. The molecule has 0 saturated heterocycles. The average molecular weight is 254 g/mol. The second-order valence-electron chi connectivity index (χ2n) is 4.31. The fraction of sp³-hybridized carbons (Fsp3) is 0.571. The largest absolute Gasteiger partial charge is 0.478 e. The molecule has 1 atom stereocenters. The van der Waals surface area contributed by atoms with Crippen LogP contribution in [0.3, 0.4) is 0 Å². The Morgan fingerprint density at radius 3 is 2.33 bits per heavy atom. The Hall–Kier alpha value is -1.58. The van der Waals surface area contributed by atoms with Crippen LogP contribution in [0.4, 0.5) is 0 Å². The minimum absolute atomic E-state index is 0.0217. The van der Waals surface area contributed by atoms with Gasteiger partial charge in [-0.25, -0.2) is 9.59 Å². The molecular weight excluding hydrogens is 232 g/mol. The third kappa shape index (κ3) is 7.65. The van der Waals surface area contributed by atoms with Crippen LogP contribution in [0.5, 0.6) is 0 Å². The summed E-state index contributed by atoms with van der Waals surface area (Å²) >= 11 is 0. The first-order valence-corrected chi connectivity index (χ1v) is 6.31. The Balaban J connectivity index is 4.12. The summed E-state index contributed by atoms with van der Waals surface area (Å²) in [7, 11) is 0. The SMILES string of the molecule is CCC=CCCCCC(C)/C(=C/C(=O)O)C(=O)O. The summed E-state index contributed by atoms with van der Waals surface area (Å²) in [6.45, 7) is 3.83. The van der Waals surface area contributed by atoms with Gasteiger partial charge in [-0.15, -0.1) is 0 Å².